The molecule has 19 heavy (non-hydrogen) atoms. The van der Waals surface area contributed by atoms with Crippen molar-refractivity contribution < 1.29 is 9.22 Å². The maximum Gasteiger partial charge on any atom is 0.130 e. The summed E-state index contributed by atoms with van der Waals surface area (Å²) >= 11 is 1.32. The molecule has 0 spiro atoms. The Balaban J connectivity index is 2.12. The van der Waals surface area contributed by atoms with E-state index in [4.69, 9.17) is 9.22 Å². The third-order valence-corrected chi connectivity index (χ3v) is 4.74. The van der Waals surface area contributed by atoms with Crippen LogP contribution in [0.25, 0.3) is 0 Å². The molecule has 0 aromatic heterocycles. The predicted octanol–water partition coefficient (Wildman–Crippen LogP) is 6.22. The van der Waals surface area contributed by atoms with Crippen molar-refractivity contribution in [3.63, 3.8) is 0 Å². The lowest BCUT2D eigenvalue weighted by Crippen LogP contribution is -1.83. The summed E-state index contributed by atoms with van der Waals surface area (Å²) in [6, 6.07) is 0. The molecule has 4 heteroatoms. The summed E-state index contributed by atoms with van der Waals surface area (Å²) in [5, 5.41) is 0. The highest BCUT2D eigenvalue weighted by Crippen LogP contribution is 2.24. The van der Waals surface area contributed by atoms with Crippen molar-refractivity contribution >= 4 is 21.9 Å². The Bertz CT molecular complexity index is 218. The monoisotopic (exact) mass is 302 g/mol. The summed E-state index contributed by atoms with van der Waals surface area (Å²) in [6.45, 7) is 0. The van der Waals surface area contributed by atoms with E-state index < -0.39 is 0 Å². The summed E-state index contributed by atoms with van der Waals surface area (Å²) in [5.41, 5.74) is 0. The second-order valence-corrected chi connectivity index (χ2v) is 6.81. The minimum atomic E-state index is 1.14. The minimum Gasteiger partial charge on any atom is -0.332 e. The molecule has 1 aliphatic rings. The van der Waals surface area contributed by atoms with Gasteiger partial charge in [-0.25, -0.2) is 0 Å². The van der Waals surface area contributed by atoms with Crippen molar-refractivity contribution in [3.8, 4) is 0 Å². The van der Waals surface area contributed by atoms with Gasteiger partial charge in [0.05, 0.1) is 0 Å². The third-order valence-electron chi connectivity index (χ3n) is 3.09. The van der Waals surface area contributed by atoms with Gasteiger partial charge >= 0.3 is 0 Å². The lowest BCUT2D eigenvalue weighted by Gasteiger charge is -2.02. The predicted molar refractivity (Wildman–Crippen MR) is 86.7 cm³/mol. The maximum absolute atomic E-state index is 4.96. The van der Waals surface area contributed by atoms with Crippen LogP contribution in [-0.4, -0.2) is 5.75 Å². The average molecular weight is 303 g/mol. The lowest BCUT2D eigenvalue weighted by atomic mass is 10.1. The molecule has 1 aliphatic heterocycles. The summed E-state index contributed by atoms with van der Waals surface area (Å²) in [5.74, 6) is 1.14. The first-order valence-corrected chi connectivity index (χ1v) is 9.68. The first kappa shape index (κ1) is 17.0. The van der Waals surface area contributed by atoms with Crippen LogP contribution in [0.3, 0.4) is 0 Å². The Morgan fingerprint density at radius 3 is 2.21 bits per heavy atom. The Labute approximate surface area is 125 Å². The molecule has 0 amide bonds. The van der Waals surface area contributed by atoms with E-state index in [1.165, 1.54) is 68.9 Å². The van der Waals surface area contributed by atoms with Crippen molar-refractivity contribution in [1.29, 1.82) is 0 Å². The van der Waals surface area contributed by atoms with Crippen molar-refractivity contribution in [1.82, 2.24) is 0 Å². The molecule has 0 unspecified atom stereocenters. The molecule has 0 aromatic rings. The zero-order valence-corrected chi connectivity index (χ0v) is 13.4. The molecule has 0 radical (unpaired) electrons. The number of rotatable bonds is 0. The highest BCUT2D eigenvalue weighted by Gasteiger charge is 1.95. The van der Waals surface area contributed by atoms with Crippen molar-refractivity contribution in [2.24, 2.45) is 0 Å². The Hall–Kier alpha value is -0.0600. The largest absolute Gasteiger partial charge is 0.332 e. The molecular formula is C15H26O2S2. The molecule has 0 aromatic carbocycles. The van der Waals surface area contributed by atoms with Crippen LogP contribution >= 0.6 is 21.9 Å². The van der Waals surface area contributed by atoms with Crippen molar-refractivity contribution in [2.75, 3.05) is 5.75 Å². The minimum absolute atomic E-state index is 1.14. The second-order valence-electron chi connectivity index (χ2n) is 4.78. The van der Waals surface area contributed by atoms with Crippen LogP contribution in [0.2, 0.25) is 0 Å². The highest BCUT2D eigenvalue weighted by atomic mass is 33.1. The van der Waals surface area contributed by atoms with E-state index >= 15 is 0 Å². The van der Waals surface area contributed by atoms with Crippen molar-refractivity contribution in [2.45, 2.75) is 64.2 Å². The molecule has 0 saturated heterocycles. The van der Waals surface area contributed by atoms with Crippen molar-refractivity contribution in [3.05, 3.63) is 24.5 Å². The van der Waals surface area contributed by atoms with Crippen LogP contribution in [0.5, 0.6) is 0 Å². The fourth-order valence-corrected chi connectivity index (χ4v) is 3.28. The van der Waals surface area contributed by atoms with E-state index in [0.717, 1.165) is 12.2 Å². The van der Waals surface area contributed by atoms with Gasteiger partial charge in [0.25, 0.3) is 0 Å². The summed E-state index contributed by atoms with van der Waals surface area (Å²) in [7, 11) is 1.72. The van der Waals surface area contributed by atoms with Gasteiger partial charge in [0, 0.05) is 5.75 Å². The zero-order chi connectivity index (χ0) is 13.4. The Kier molecular flexibility index (Phi) is 12.8. The maximum atomic E-state index is 4.96. The van der Waals surface area contributed by atoms with E-state index in [2.05, 4.69) is 6.08 Å². The molecule has 0 saturated carbocycles. The highest BCUT2D eigenvalue weighted by molar-refractivity contribution is 8.74. The fraction of sp³-hybridized carbons (Fsp3) is 0.733. The quantitative estimate of drug-likeness (QED) is 0.300. The summed E-state index contributed by atoms with van der Waals surface area (Å²) in [4.78, 5) is 4.91. The SMILES string of the molecule is C1=CCCCCCCCCCCCSSOOC=C1. The van der Waals surface area contributed by atoms with Gasteiger partial charge < -0.3 is 4.89 Å². The van der Waals surface area contributed by atoms with Gasteiger partial charge in [-0.05, 0) is 25.3 Å². The molecule has 0 aliphatic carbocycles. The van der Waals surface area contributed by atoms with E-state index in [1.807, 2.05) is 12.2 Å². The third kappa shape index (κ3) is 12.7. The molecule has 1 heterocycles. The van der Waals surface area contributed by atoms with Gasteiger partial charge in [-0.3, -0.25) is 0 Å². The number of hydrogen-bond acceptors (Lipinski definition) is 4. The smallest absolute Gasteiger partial charge is 0.130 e. The topological polar surface area (TPSA) is 18.5 Å². The van der Waals surface area contributed by atoms with E-state index in [1.54, 1.807) is 17.1 Å². The van der Waals surface area contributed by atoms with Crippen LogP contribution in [0, 0.1) is 0 Å². The Morgan fingerprint density at radius 1 is 0.737 bits per heavy atom. The normalized spacial score (nSPS) is 21.9. The van der Waals surface area contributed by atoms with E-state index in [9.17, 15) is 0 Å². The Morgan fingerprint density at radius 2 is 1.42 bits per heavy atom. The summed E-state index contributed by atoms with van der Waals surface area (Å²) in [6.07, 6.45) is 21.1. The molecule has 0 N–H and O–H groups in total. The van der Waals surface area contributed by atoms with Gasteiger partial charge in [0.2, 0.25) is 0 Å². The number of hydrogen-bond donors (Lipinski definition) is 0. The zero-order valence-electron chi connectivity index (χ0n) is 11.7. The summed E-state index contributed by atoms with van der Waals surface area (Å²) < 4.78 is 4.96. The molecule has 0 fully saturated rings. The van der Waals surface area contributed by atoms with Gasteiger partial charge in [0.1, 0.15) is 17.3 Å². The lowest BCUT2D eigenvalue weighted by molar-refractivity contribution is -0.127. The average Bonchev–Trinajstić information content (AvgIpc) is 2.43. The van der Waals surface area contributed by atoms with Crippen LogP contribution in [-0.2, 0) is 9.22 Å². The standard InChI is InChI=1S/C15H26O2S2/c1-2-4-6-8-10-12-14-16-17-19-18-15-13-11-9-7-5-3-1/h8,10,12,14H,1-7,9,11,13,15H2. The molecule has 0 bridgehead atoms. The van der Waals surface area contributed by atoms with Crippen LogP contribution in [0.1, 0.15) is 64.2 Å². The fourth-order valence-electron chi connectivity index (χ4n) is 2.01. The molecule has 1 rings (SSSR count). The second kappa shape index (κ2) is 14.4. The molecule has 110 valence electrons. The van der Waals surface area contributed by atoms with Gasteiger partial charge in [-0.15, -0.1) is 4.33 Å². The van der Waals surface area contributed by atoms with Gasteiger partial charge in [0.15, 0.2) is 0 Å². The molecular weight excluding hydrogens is 276 g/mol. The molecule has 0 atom stereocenters. The van der Waals surface area contributed by atoms with Gasteiger partial charge in [-0.2, -0.15) is 0 Å². The van der Waals surface area contributed by atoms with E-state index in [0.29, 0.717) is 0 Å². The van der Waals surface area contributed by atoms with E-state index in [-0.39, 0.29) is 0 Å². The molecule has 2 nitrogen and oxygen atoms in total. The van der Waals surface area contributed by atoms with Gasteiger partial charge in [-0.1, -0.05) is 67.9 Å². The van der Waals surface area contributed by atoms with Crippen LogP contribution in [0.15, 0.2) is 24.5 Å². The van der Waals surface area contributed by atoms with Crippen LogP contribution in [0.4, 0.5) is 0 Å². The number of allylic oxidation sites excluding steroid dienone is 3. The first-order valence-electron chi connectivity index (χ1n) is 7.43. The van der Waals surface area contributed by atoms with Crippen LogP contribution < -0.4 is 0 Å². The first-order chi connectivity index (χ1) is 9.50.